The largest absolute Gasteiger partial charge is 0.508 e. The molecule has 0 aliphatic rings. The van der Waals surface area contributed by atoms with Crippen LogP contribution in [0.1, 0.15) is 24.5 Å². The van der Waals surface area contributed by atoms with Gasteiger partial charge in [-0.2, -0.15) is 0 Å². The zero-order valence-electron chi connectivity index (χ0n) is 15.2. The number of carbonyl (C=O) groups is 2. The number of phenolic OH excluding ortho intramolecular Hbond substituents is 2. The molecule has 2 rings (SSSR count). The smallest absolute Gasteiger partial charge is 0.328 e. The van der Waals surface area contributed by atoms with Gasteiger partial charge in [-0.05, 0) is 93.9 Å². The second-order valence-electron chi connectivity index (χ2n) is 6.15. The number of aromatic hydroxyl groups is 2. The minimum absolute atomic E-state index is 0.138. The van der Waals surface area contributed by atoms with Crippen LogP contribution in [-0.2, 0) is 27.2 Å². The number of hydrogen-bond donors (Lipinski definition) is 3. The van der Waals surface area contributed by atoms with Crippen molar-refractivity contribution in [3.63, 3.8) is 0 Å². The number of carbonyl (C=O) groups excluding carboxylic acids is 2. The third-order valence-corrected chi connectivity index (χ3v) is 5.64. The first kappa shape index (κ1) is 22.7. The molecule has 0 bridgehead atoms. The third-order valence-electron chi connectivity index (χ3n) is 4.00. The predicted molar refractivity (Wildman–Crippen MR) is 122 cm³/mol. The lowest BCUT2D eigenvalue weighted by molar-refractivity contribution is -0.147. The van der Waals surface area contributed by atoms with E-state index in [1.54, 1.807) is 19.1 Å². The SMILES string of the molecule is CCOC(=O)[C@H](Cc1ccc(O)cc1)NC(=O)CCc1cc(I)c(O)c(I)c1. The minimum atomic E-state index is -0.794. The lowest BCUT2D eigenvalue weighted by Crippen LogP contribution is -2.43. The van der Waals surface area contributed by atoms with Crippen LogP contribution in [0.4, 0.5) is 0 Å². The summed E-state index contributed by atoms with van der Waals surface area (Å²) < 4.78 is 6.54. The highest BCUT2D eigenvalue weighted by Gasteiger charge is 2.22. The lowest BCUT2D eigenvalue weighted by atomic mass is 10.0. The van der Waals surface area contributed by atoms with Gasteiger partial charge >= 0.3 is 5.97 Å². The lowest BCUT2D eigenvalue weighted by Gasteiger charge is -2.17. The van der Waals surface area contributed by atoms with Crippen molar-refractivity contribution in [1.82, 2.24) is 5.32 Å². The highest BCUT2D eigenvalue weighted by molar-refractivity contribution is 14.1. The highest BCUT2D eigenvalue weighted by Crippen LogP contribution is 2.27. The molecule has 2 aromatic carbocycles. The molecule has 3 N–H and O–H groups in total. The molecule has 1 amide bonds. The number of aryl methyl sites for hydroxylation is 1. The van der Waals surface area contributed by atoms with Gasteiger partial charge in [0.05, 0.1) is 13.7 Å². The van der Waals surface area contributed by atoms with E-state index in [9.17, 15) is 19.8 Å². The Labute approximate surface area is 191 Å². The van der Waals surface area contributed by atoms with Crippen molar-refractivity contribution in [2.45, 2.75) is 32.2 Å². The van der Waals surface area contributed by atoms with Crippen molar-refractivity contribution >= 4 is 57.1 Å². The van der Waals surface area contributed by atoms with E-state index < -0.39 is 12.0 Å². The molecule has 1 atom stereocenters. The number of rotatable bonds is 8. The van der Waals surface area contributed by atoms with Crippen LogP contribution in [-0.4, -0.2) is 34.7 Å². The number of esters is 1. The molecule has 0 saturated heterocycles. The first-order valence-corrected chi connectivity index (χ1v) is 10.9. The van der Waals surface area contributed by atoms with E-state index in [2.05, 4.69) is 50.5 Å². The Morgan fingerprint density at radius 3 is 2.25 bits per heavy atom. The monoisotopic (exact) mass is 609 g/mol. The summed E-state index contributed by atoms with van der Waals surface area (Å²) in [6, 6.07) is 9.36. The molecular weight excluding hydrogens is 588 g/mol. The molecule has 0 aliphatic carbocycles. The fourth-order valence-electron chi connectivity index (χ4n) is 2.59. The summed E-state index contributed by atoms with van der Waals surface area (Å²) in [5.41, 5.74) is 1.74. The Bertz CT molecular complexity index is 816. The van der Waals surface area contributed by atoms with Crippen LogP contribution in [0.25, 0.3) is 0 Å². The van der Waals surface area contributed by atoms with Crippen LogP contribution in [0.3, 0.4) is 0 Å². The van der Waals surface area contributed by atoms with Crippen molar-refractivity contribution in [3.05, 3.63) is 54.7 Å². The number of phenols is 2. The Morgan fingerprint density at radius 1 is 1.07 bits per heavy atom. The van der Waals surface area contributed by atoms with Gasteiger partial charge in [-0.3, -0.25) is 4.79 Å². The highest BCUT2D eigenvalue weighted by atomic mass is 127. The summed E-state index contributed by atoms with van der Waals surface area (Å²) >= 11 is 4.10. The quantitative estimate of drug-likeness (QED) is 0.315. The molecule has 0 aromatic heterocycles. The van der Waals surface area contributed by atoms with Gasteiger partial charge in [0.15, 0.2) is 0 Å². The molecule has 0 unspecified atom stereocenters. The number of halogens is 2. The Kier molecular flexibility index (Phi) is 8.80. The molecule has 2 aromatic rings. The van der Waals surface area contributed by atoms with E-state index in [1.807, 2.05) is 12.1 Å². The van der Waals surface area contributed by atoms with Gasteiger partial charge in [-0.25, -0.2) is 4.79 Å². The summed E-state index contributed by atoms with van der Waals surface area (Å²) in [5, 5.41) is 22.0. The van der Waals surface area contributed by atoms with Crippen molar-refractivity contribution in [2.75, 3.05) is 6.61 Å². The normalized spacial score (nSPS) is 11.7. The van der Waals surface area contributed by atoms with Crippen LogP contribution in [0.15, 0.2) is 36.4 Å². The van der Waals surface area contributed by atoms with E-state index in [0.717, 1.165) is 18.3 Å². The second kappa shape index (κ2) is 10.8. The fourth-order valence-corrected chi connectivity index (χ4v) is 4.49. The molecule has 0 spiro atoms. The van der Waals surface area contributed by atoms with Crippen LogP contribution in [0.5, 0.6) is 11.5 Å². The van der Waals surface area contributed by atoms with Gasteiger partial charge in [-0.1, -0.05) is 12.1 Å². The van der Waals surface area contributed by atoms with Crippen LogP contribution >= 0.6 is 45.2 Å². The first-order chi connectivity index (χ1) is 13.3. The van der Waals surface area contributed by atoms with E-state index in [4.69, 9.17) is 4.74 Å². The van der Waals surface area contributed by atoms with Crippen molar-refractivity contribution in [2.24, 2.45) is 0 Å². The van der Waals surface area contributed by atoms with E-state index >= 15 is 0 Å². The van der Waals surface area contributed by atoms with E-state index in [0.29, 0.717) is 6.42 Å². The van der Waals surface area contributed by atoms with Crippen molar-refractivity contribution in [3.8, 4) is 11.5 Å². The number of nitrogens with one attached hydrogen (secondary N) is 1. The summed E-state index contributed by atoms with van der Waals surface area (Å²) in [4.78, 5) is 24.6. The van der Waals surface area contributed by atoms with E-state index in [-0.39, 0.29) is 36.9 Å². The molecule has 6 nitrogen and oxygen atoms in total. The van der Waals surface area contributed by atoms with Gasteiger partial charge in [0, 0.05) is 12.8 Å². The van der Waals surface area contributed by atoms with Gasteiger partial charge in [0.2, 0.25) is 5.91 Å². The van der Waals surface area contributed by atoms with Crippen LogP contribution in [0, 0.1) is 7.14 Å². The number of benzene rings is 2. The summed E-state index contributed by atoms with van der Waals surface area (Å²) in [6.45, 7) is 1.94. The maximum absolute atomic E-state index is 12.4. The van der Waals surface area contributed by atoms with Crippen LogP contribution < -0.4 is 5.32 Å². The van der Waals surface area contributed by atoms with Crippen molar-refractivity contribution in [1.29, 1.82) is 0 Å². The Hall–Kier alpha value is -1.56. The third kappa shape index (κ3) is 6.80. The van der Waals surface area contributed by atoms with Gasteiger partial charge in [-0.15, -0.1) is 0 Å². The van der Waals surface area contributed by atoms with Gasteiger partial charge in [0.1, 0.15) is 17.5 Å². The minimum Gasteiger partial charge on any atom is -0.508 e. The topological polar surface area (TPSA) is 95.9 Å². The maximum atomic E-state index is 12.4. The second-order valence-corrected chi connectivity index (χ2v) is 8.48. The average molecular weight is 609 g/mol. The summed E-state index contributed by atoms with van der Waals surface area (Å²) in [5.74, 6) is -0.364. The summed E-state index contributed by atoms with van der Waals surface area (Å²) in [6.07, 6.45) is 0.981. The molecule has 0 fully saturated rings. The molecule has 150 valence electrons. The fraction of sp³-hybridized carbons (Fsp3) is 0.300. The molecule has 0 aliphatic heterocycles. The molecule has 0 heterocycles. The zero-order chi connectivity index (χ0) is 20.7. The molecule has 28 heavy (non-hydrogen) atoms. The van der Waals surface area contributed by atoms with Crippen LogP contribution in [0.2, 0.25) is 0 Å². The van der Waals surface area contributed by atoms with Crippen molar-refractivity contribution < 1.29 is 24.5 Å². The number of ether oxygens (including phenoxy) is 1. The van der Waals surface area contributed by atoms with Gasteiger partial charge in [0.25, 0.3) is 0 Å². The average Bonchev–Trinajstić information content (AvgIpc) is 2.65. The molecule has 8 heteroatoms. The Balaban J connectivity index is 2.01. The predicted octanol–water partition coefficient (Wildman–Crippen LogP) is 3.53. The van der Waals surface area contributed by atoms with Gasteiger partial charge < -0.3 is 20.3 Å². The zero-order valence-corrected chi connectivity index (χ0v) is 19.6. The molecule has 0 saturated carbocycles. The molecular formula is C20H21I2NO5. The number of hydrogen-bond acceptors (Lipinski definition) is 5. The number of amides is 1. The Morgan fingerprint density at radius 2 is 1.68 bits per heavy atom. The summed E-state index contributed by atoms with van der Waals surface area (Å²) in [7, 11) is 0. The van der Waals surface area contributed by atoms with E-state index in [1.165, 1.54) is 12.1 Å². The molecule has 0 radical (unpaired) electrons. The standard InChI is InChI=1S/C20H21I2NO5/c1-2-28-20(27)17(11-12-3-6-14(24)7-4-12)23-18(25)8-5-13-9-15(21)19(26)16(22)10-13/h3-4,6-7,9-10,17,24,26H,2,5,8,11H2,1H3,(H,23,25)/t17-/m0/s1. The first-order valence-electron chi connectivity index (χ1n) is 8.71. The maximum Gasteiger partial charge on any atom is 0.328 e.